The van der Waals surface area contributed by atoms with Gasteiger partial charge in [0.05, 0.1) is 17.3 Å². The number of fused-ring (bicyclic) bond motifs is 7. The first-order valence-electron chi connectivity index (χ1n) is 16.8. The molecule has 1 aromatic rings. The van der Waals surface area contributed by atoms with Gasteiger partial charge in [-0.25, -0.2) is 0 Å². The zero-order chi connectivity index (χ0) is 31.6. The first-order chi connectivity index (χ1) is 20.7. The summed E-state index contributed by atoms with van der Waals surface area (Å²) in [6.07, 6.45) is 8.25. The second kappa shape index (κ2) is 11.6. The SMILES string of the molecule is CC(=O)O[C@H]1CC[C@@]2(C)[C@@H](CC[C@@H]3[C@@H]2CC(=O)[C@@]2(C)[C@H]3C[C@@H]3OC(CC[C@@H](C)COS(=O)(=O)c4ccc(C)cc4)=C(C)[C@@H]32)C1. The van der Waals surface area contributed by atoms with Gasteiger partial charge in [-0.2, -0.15) is 8.42 Å². The minimum absolute atomic E-state index is 0.0176. The molecule has 1 aliphatic heterocycles. The monoisotopic (exact) mass is 626 g/mol. The number of Topliss-reactive ketones (excluding diaryl/α,β-unsaturated/α-hetero) is 1. The van der Waals surface area contributed by atoms with Crippen LogP contribution in [0.15, 0.2) is 40.5 Å². The third kappa shape index (κ3) is 5.36. The number of esters is 1. The zero-order valence-electron chi connectivity index (χ0n) is 27.3. The van der Waals surface area contributed by atoms with E-state index in [1.807, 2.05) is 13.8 Å². The molecule has 44 heavy (non-hydrogen) atoms. The first kappa shape index (κ1) is 31.8. The van der Waals surface area contributed by atoms with E-state index in [9.17, 15) is 18.0 Å². The van der Waals surface area contributed by atoms with Gasteiger partial charge in [-0.05, 0) is 112 Å². The Morgan fingerprint density at radius 1 is 1.07 bits per heavy atom. The van der Waals surface area contributed by atoms with Gasteiger partial charge in [-0.15, -0.1) is 0 Å². The molecule has 1 aromatic carbocycles. The van der Waals surface area contributed by atoms with E-state index in [-0.39, 0.29) is 46.9 Å². The van der Waals surface area contributed by atoms with E-state index in [4.69, 9.17) is 13.7 Å². The summed E-state index contributed by atoms with van der Waals surface area (Å²) in [5.74, 6) is 3.12. The van der Waals surface area contributed by atoms with Gasteiger partial charge in [0, 0.05) is 31.1 Å². The van der Waals surface area contributed by atoms with Crippen molar-refractivity contribution in [1.29, 1.82) is 0 Å². The minimum atomic E-state index is -3.79. The molecular weight excluding hydrogens is 576 g/mol. The van der Waals surface area contributed by atoms with Crippen LogP contribution in [-0.2, 0) is 33.4 Å². The molecule has 7 nitrogen and oxygen atoms in total. The summed E-state index contributed by atoms with van der Waals surface area (Å²) in [6, 6.07) is 6.71. The number of carbonyl (C=O) groups excluding carboxylic acids is 2. The molecule has 0 aromatic heterocycles. The van der Waals surface area contributed by atoms with Crippen molar-refractivity contribution in [2.45, 2.75) is 116 Å². The summed E-state index contributed by atoms with van der Waals surface area (Å²) in [5.41, 5.74) is 1.94. The van der Waals surface area contributed by atoms with Crippen molar-refractivity contribution in [3.05, 3.63) is 41.2 Å². The molecule has 0 bridgehead atoms. The summed E-state index contributed by atoms with van der Waals surface area (Å²) in [7, 11) is -3.79. The summed E-state index contributed by atoms with van der Waals surface area (Å²) >= 11 is 0. The second-order valence-corrected chi connectivity index (χ2v) is 16.9. The highest BCUT2D eigenvalue weighted by atomic mass is 32.2. The van der Waals surface area contributed by atoms with Crippen LogP contribution in [0.4, 0.5) is 0 Å². The van der Waals surface area contributed by atoms with Crippen molar-refractivity contribution in [2.24, 2.45) is 46.3 Å². The highest BCUT2D eigenvalue weighted by molar-refractivity contribution is 7.86. The lowest BCUT2D eigenvalue weighted by Crippen LogP contribution is -2.57. The van der Waals surface area contributed by atoms with Gasteiger partial charge in [0.15, 0.2) is 0 Å². The molecule has 1 heterocycles. The molecule has 4 aliphatic carbocycles. The smallest absolute Gasteiger partial charge is 0.302 e. The Morgan fingerprint density at radius 3 is 2.50 bits per heavy atom. The summed E-state index contributed by atoms with van der Waals surface area (Å²) < 4.78 is 43.0. The zero-order valence-corrected chi connectivity index (χ0v) is 28.1. The van der Waals surface area contributed by atoms with Crippen molar-refractivity contribution in [3.8, 4) is 0 Å². The van der Waals surface area contributed by atoms with Crippen LogP contribution in [-0.4, -0.2) is 39.0 Å². The molecule has 0 radical (unpaired) electrons. The predicted molar refractivity (Wildman–Crippen MR) is 167 cm³/mol. The average Bonchev–Trinajstić information content (AvgIpc) is 3.45. The molecule has 0 spiro atoms. The molecule has 242 valence electrons. The topological polar surface area (TPSA) is 96.0 Å². The van der Waals surface area contributed by atoms with E-state index < -0.39 is 15.5 Å². The Labute approximate surface area is 263 Å². The third-order valence-corrected chi connectivity index (χ3v) is 14.0. The number of benzene rings is 1. The standard InChI is InChI=1S/C36H50O7S/c1-21-7-11-27(12-8-21)44(39,40)41-20-22(2)9-14-31-23(3)34-32(43-31)18-30-28-13-10-25-17-26(42-24(4)37)15-16-35(25,5)29(28)19-33(38)36(30,34)6/h7-8,11-12,22,25-26,28-30,32,34H,9-10,13-20H2,1-6H3/t22-,25+,26+,28-,29+,30+,32+,34+,35+,36-/m1/s1. The predicted octanol–water partition coefficient (Wildman–Crippen LogP) is 7.17. The molecule has 10 atom stereocenters. The number of ether oxygens (including phenoxy) is 2. The molecule has 4 fully saturated rings. The number of hydrogen-bond acceptors (Lipinski definition) is 7. The molecule has 0 amide bonds. The van der Waals surface area contributed by atoms with Gasteiger partial charge in [-0.3, -0.25) is 13.8 Å². The number of hydrogen-bond donors (Lipinski definition) is 0. The van der Waals surface area contributed by atoms with Crippen molar-refractivity contribution >= 4 is 21.9 Å². The lowest BCUT2D eigenvalue weighted by molar-refractivity contribution is -0.165. The lowest BCUT2D eigenvalue weighted by Gasteiger charge is -2.60. The number of allylic oxidation sites excluding steroid dienone is 1. The largest absolute Gasteiger partial charge is 0.494 e. The van der Waals surface area contributed by atoms with E-state index >= 15 is 0 Å². The Bertz CT molecular complexity index is 1430. The second-order valence-electron chi connectivity index (χ2n) is 15.2. The first-order valence-corrected chi connectivity index (χ1v) is 18.2. The van der Waals surface area contributed by atoms with E-state index in [0.717, 1.165) is 62.7 Å². The minimum Gasteiger partial charge on any atom is -0.494 e. The maximum atomic E-state index is 14.2. The number of rotatable bonds is 8. The van der Waals surface area contributed by atoms with Crippen LogP contribution in [0.3, 0.4) is 0 Å². The maximum Gasteiger partial charge on any atom is 0.302 e. The quantitative estimate of drug-likeness (QED) is 0.223. The number of ketones is 1. The molecule has 6 rings (SSSR count). The fraction of sp³-hybridized carbons (Fsp3) is 0.722. The van der Waals surface area contributed by atoms with E-state index in [1.54, 1.807) is 24.3 Å². The molecular formula is C36H50O7S. The summed E-state index contributed by atoms with van der Waals surface area (Å²) in [5, 5.41) is 0. The Balaban J connectivity index is 1.10. The van der Waals surface area contributed by atoms with Crippen LogP contribution in [0.25, 0.3) is 0 Å². The van der Waals surface area contributed by atoms with Crippen LogP contribution in [0, 0.1) is 53.3 Å². The van der Waals surface area contributed by atoms with Crippen molar-refractivity contribution < 1.29 is 31.7 Å². The Morgan fingerprint density at radius 2 is 1.80 bits per heavy atom. The molecule has 5 aliphatic rings. The number of carbonyl (C=O) groups is 2. The van der Waals surface area contributed by atoms with Crippen LogP contribution in [0.1, 0.15) is 98.0 Å². The summed E-state index contributed by atoms with van der Waals surface area (Å²) in [4.78, 5) is 26.0. The van der Waals surface area contributed by atoms with Gasteiger partial charge in [0.1, 0.15) is 18.0 Å². The lowest BCUT2D eigenvalue weighted by atomic mass is 9.44. The van der Waals surface area contributed by atoms with Crippen LogP contribution in [0.2, 0.25) is 0 Å². The van der Waals surface area contributed by atoms with Crippen LogP contribution < -0.4 is 0 Å². The van der Waals surface area contributed by atoms with Crippen molar-refractivity contribution in [1.82, 2.24) is 0 Å². The Kier molecular flexibility index (Phi) is 8.35. The van der Waals surface area contributed by atoms with Gasteiger partial charge in [0.25, 0.3) is 10.1 Å². The molecule has 4 saturated carbocycles. The van der Waals surface area contributed by atoms with Crippen molar-refractivity contribution in [2.75, 3.05) is 6.61 Å². The Hall–Kier alpha value is -2.19. The van der Waals surface area contributed by atoms with E-state index in [0.29, 0.717) is 35.9 Å². The molecule has 0 saturated heterocycles. The molecule has 8 heteroatoms. The van der Waals surface area contributed by atoms with Crippen LogP contribution >= 0.6 is 0 Å². The maximum absolute atomic E-state index is 14.2. The van der Waals surface area contributed by atoms with Gasteiger partial charge in [0.2, 0.25) is 0 Å². The highest BCUT2D eigenvalue weighted by Crippen LogP contribution is 2.68. The van der Waals surface area contributed by atoms with E-state index in [1.165, 1.54) is 12.5 Å². The fourth-order valence-electron chi connectivity index (χ4n) is 10.3. The van der Waals surface area contributed by atoms with Crippen molar-refractivity contribution in [3.63, 3.8) is 0 Å². The normalized spacial score (nSPS) is 38.7. The third-order valence-electron chi connectivity index (χ3n) is 12.7. The van der Waals surface area contributed by atoms with E-state index in [2.05, 4.69) is 20.8 Å². The molecule has 0 unspecified atom stereocenters. The fourth-order valence-corrected chi connectivity index (χ4v) is 11.3. The highest BCUT2D eigenvalue weighted by Gasteiger charge is 2.67. The van der Waals surface area contributed by atoms with Crippen LogP contribution in [0.5, 0.6) is 0 Å². The number of aryl methyl sites for hydroxylation is 1. The van der Waals surface area contributed by atoms with Gasteiger partial charge in [-0.1, -0.05) is 38.5 Å². The molecule has 0 N–H and O–H groups in total. The van der Waals surface area contributed by atoms with Gasteiger partial charge < -0.3 is 9.47 Å². The average molecular weight is 627 g/mol. The summed E-state index contributed by atoms with van der Waals surface area (Å²) in [6.45, 7) is 12.4. The van der Waals surface area contributed by atoms with Gasteiger partial charge >= 0.3 is 5.97 Å².